The minimum Gasteiger partial charge on any atom is -0.348 e. The maximum absolute atomic E-state index is 12.5. The fourth-order valence-corrected chi connectivity index (χ4v) is 3.79. The topological polar surface area (TPSA) is 104 Å². The van der Waals surface area contributed by atoms with E-state index in [0.29, 0.717) is 24.0 Å². The number of carbonyl (C=O) groups is 2. The molecule has 0 unspecified atom stereocenters. The Morgan fingerprint density at radius 1 is 1.11 bits per heavy atom. The van der Waals surface area contributed by atoms with Crippen molar-refractivity contribution in [2.24, 2.45) is 0 Å². The van der Waals surface area contributed by atoms with Crippen molar-refractivity contribution in [3.8, 4) is 0 Å². The predicted octanol–water partition coefficient (Wildman–Crippen LogP) is 1.55. The first-order valence-corrected chi connectivity index (χ1v) is 10.2. The normalized spacial score (nSPS) is 13.6. The molecule has 7 nitrogen and oxygen atoms in total. The SMILES string of the molecule is CNS(=O)(=O)Cc1ccccc1CNC(=O)c1ccc2c(c1)CCC(=O)N2. The summed E-state index contributed by atoms with van der Waals surface area (Å²) in [5, 5.41) is 5.62. The largest absolute Gasteiger partial charge is 0.348 e. The molecule has 142 valence electrons. The number of anilines is 1. The number of nitrogens with one attached hydrogen (secondary N) is 3. The molecule has 0 radical (unpaired) electrons. The van der Waals surface area contributed by atoms with E-state index in [-0.39, 0.29) is 24.1 Å². The molecule has 0 aromatic heterocycles. The number of sulfonamides is 1. The Balaban J connectivity index is 1.71. The monoisotopic (exact) mass is 387 g/mol. The molecule has 3 N–H and O–H groups in total. The van der Waals surface area contributed by atoms with E-state index in [1.807, 2.05) is 0 Å². The van der Waals surface area contributed by atoms with Gasteiger partial charge in [-0.3, -0.25) is 9.59 Å². The smallest absolute Gasteiger partial charge is 0.251 e. The summed E-state index contributed by atoms with van der Waals surface area (Å²) in [6.45, 7) is 0.224. The van der Waals surface area contributed by atoms with Gasteiger partial charge in [0.1, 0.15) is 0 Å². The van der Waals surface area contributed by atoms with Gasteiger partial charge in [-0.25, -0.2) is 13.1 Å². The Morgan fingerprint density at radius 2 is 1.85 bits per heavy atom. The first-order chi connectivity index (χ1) is 12.9. The first kappa shape index (κ1) is 19.1. The lowest BCUT2D eigenvalue weighted by Gasteiger charge is -2.17. The molecule has 27 heavy (non-hydrogen) atoms. The molecule has 8 heteroatoms. The molecule has 0 saturated heterocycles. The second-order valence-corrected chi connectivity index (χ2v) is 8.26. The molecule has 2 aromatic rings. The van der Waals surface area contributed by atoms with Crippen molar-refractivity contribution in [1.82, 2.24) is 10.0 Å². The van der Waals surface area contributed by atoms with Crippen LogP contribution in [-0.2, 0) is 33.5 Å². The van der Waals surface area contributed by atoms with Crippen LogP contribution in [0.3, 0.4) is 0 Å². The third-order valence-electron chi connectivity index (χ3n) is 4.48. The third-order valence-corrected chi connectivity index (χ3v) is 5.79. The number of carbonyl (C=O) groups excluding carboxylic acids is 2. The number of aryl methyl sites for hydroxylation is 1. The average Bonchev–Trinajstić information content (AvgIpc) is 2.66. The van der Waals surface area contributed by atoms with Gasteiger partial charge in [0, 0.05) is 24.2 Å². The summed E-state index contributed by atoms with van der Waals surface area (Å²) >= 11 is 0. The van der Waals surface area contributed by atoms with Crippen LogP contribution in [0.5, 0.6) is 0 Å². The Bertz CT molecular complexity index is 986. The highest BCUT2D eigenvalue weighted by atomic mass is 32.2. The van der Waals surface area contributed by atoms with Crippen molar-refractivity contribution in [2.45, 2.75) is 25.1 Å². The van der Waals surface area contributed by atoms with Gasteiger partial charge in [0.15, 0.2) is 0 Å². The zero-order valence-corrected chi connectivity index (χ0v) is 15.7. The van der Waals surface area contributed by atoms with Crippen LogP contribution in [0.4, 0.5) is 5.69 Å². The summed E-state index contributed by atoms with van der Waals surface area (Å²) in [4.78, 5) is 23.9. The Hall–Kier alpha value is -2.71. The van der Waals surface area contributed by atoms with Gasteiger partial charge in [0.2, 0.25) is 15.9 Å². The first-order valence-electron chi connectivity index (χ1n) is 8.57. The quantitative estimate of drug-likeness (QED) is 0.699. The van der Waals surface area contributed by atoms with Crippen molar-refractivity contribution in [1.29, 1.82) is 0 Å². The Kier molecular flexibility index (Phi) is 5.57. The van der Waals surface area contributed by atoms with Crippen molar-refractivity contribution in [2.75, 3.05) is 12.4 Å². The molecule has 0 fully saturated rings. The Labute approximate surface area is 158 Å². The van der Waals surface area contributed by atoms with E-state index in [9.17, 15) is 18.0 Å². The summed E-state index contributed by atoms with van der Waals surface area (Å²) in [7, 11) is -2.02. The number of amides is 2. The lowest BCUT2D eigenvalue weighted by molar-refractivity contribution is -0.116. The highest BCUT2D eigenvalue weighted by molar-refractivity contribution is 7.88. The minimum absolute atomic E-state index is 0.0205. The lowest BCUT2D eigenvalue weighted by Crippen LogP contribution is -2.26. The van der Waals surface area contributed by atoms with E-state index in [1.54, 1.807) is 42.5 Å². The standard InChI is InChI=1S/C19H21N3O4S/c1-20-27(25,26)12-16-5-3-2-4-15(16)11-21-19(24)14-6-8-17-13(10-14)7-9-18(23)22-17/h2-6,8,10,20H,7,9,11-12H2,1H3,(H,21,24)(H,22,23). The highest BCUT2D eigenvalue weighted by Crippen LogP contribution is 2.23. The van der Waals surface area contributed by atoms with Crippen LogP contribution in [0.2, 0.25) is 0 Å². The second kappa shape index (κ2) is 7.89. The Morgan fingerprint density at radius 3 is 2.59 bits per heavy atom. The maximum atomic E-state index is 12.5. The summed E-state index contributed by atoms with van der Waals surface area (Å²) < 4.78 is 25.9. The average molecular weight is 387 g/mol. The van der Waals surface area contributed by atoms with Crippen molar-refractivity contribution < 1.29 is 18.0 Å². The highest BCUT2D eigenvalue weighted by Gasteiger charge is 2.17. The molecule has 0 aliphatic carbocycles. The molecule has 0 atom stereocenters. The third kappa shape index (κ3) is 4.72. The summed E-state index contributed by atoms with van der Waals surface area (Å²) in [6.07, 6.45) is 1.01. The number of rotatable bonds is 6. The molecule has 0 saturated carbocycles. The van der Waals surface area contributed by atoms with Crippen molar-refractivity contribution in [3.05, 3.63) is 64.7 Å². The second-order valence-electron chi connectivity index (χ2n) is 6.33. The van der Waals surface area contributed by atoms with E-state index in [0.717, 1.165) is 16.8 Å². The molecule has 2 aromatic carbocycles. The molecule has 0 spiro atoms. The summed E-state index contributed by atoms with van der Waals surface area (Å²) in [5.74, 6) is -0.414. The van der Waals surface area contributed by atoms with Crippen molar-refractivity contribution in [3.63, 3.8) is 0 Å². The van der Waals surface area contributed by atoms with Gasteiger partial charge in [0.25, 0.3) is 5.91 Å². The van der Waals surface area contributed by atoms with E-state index in [4.69, 9.17) is 0 Å². The van der Waals surface area contributed by atoms with Crippen LogP contribution in [0.15, 0.2) is 42.5 Å². The molecular formula is C19H21N3O4S. The fourth-order valence-electron chi connectivity index (χ4n) is 2.95. The van der Waals surface area contributed by atoms with E-state index >= 15 is 0 Å². The predicted molar refractivity (Wildman–Crippen MR) is 103 cm³/mol. The zero-order chi connectivity index (χ0) is 19.4. The number of hydrogen-bond acceptors (Lipinski definition) is 4. The van der Waals surface area contributed by atoms with Gasteiger partial charge in [-0.05, 0) is 48.4 Å². The summed E-state index contributed by atoms with van der Waals surface area (Å²) in [6, 6.07) is 12.3. The minimum atomic E-state index is -3.40. The molecule has 0 bridgehead atoms. The number of benzene rings is 2. The van der Waals surface area contributed by atoms with Crippen LogP contribution in [0.25, 0.3) is 0 Å². The summed E-state index contributed by atoms with van der Waals surface area (Å²) in [5.41, 5.74) is 3.56. The van der Waals surface area contributed by atoms with Crippen LogP contribution in [0.1, 0.15) is 33.5 Å². The van der Waals surface area contributed by atoms with Gasteiger partial charge >= 0.3 is 0 Å². The van der Waals surface area contributed by atoms with Gasteiger partial charge < -0.3 is 10.6 Å². The van der Waals surface area contributed by atoms with Crippen molar-refractivity contribution >= 4 is 27.5 Å². The van der Waals surface area contributed by atoms with Crippen LogP contribution in [0, 0.1) is 0 Å². The van der Waals surface area contributed by atoms with Crippen LogP contribution < -0.4 is 15.4 Å². The molecule has 1 aliphatic rings. The zero-order valence-electron chi connectivity index (χ0n) is 14.9. The van der Waals surface area contributed by atoms with Gasteiger partial charge in [-0.2, -0.15) is 0 Å². The fraction of sp³-hybridized carbons (Fsp3) is 0.263. The van der Waals surface area contributed by atoms with Crippen LogP contribution in [-0.4, -0.2) is 27.3 Å². The molecule has 3 rings (SSSR count). The number of fused-ring (bicyclic) bond motifs is 1. The molecule has 1 heterocycles. The van der Waals surface area contributed by atoms with E-state index in [1.165, 1.54) is 7.05 Å². The van der Waals surface area contributed by atoms with Gasteiger partial charge in [-0.15, -0.1) is 0 Å². The van der Waals surface area contributed by atoms with E-state index < -0.39 is 10.0 Å². The number of hydrogen-bond donors (Lipinski definition) is 3. The molecule has 2 amide bonds. The van der Waals surface area contributed by atoms with Gasteiger partial charge in [-0.1, -0.05) is 24.3 Å². The maximum Gasteiger partial charge on any atom is 0.251 e. The van der Waals surface area contributed by atoms with E-state index in [2.05, 4.69) is 15.4 Å². The molecular weight excluding hydrogens is 366 g/mol. The van der Waals surface area contributed by atoms with Gasteiger partial charge in [0.05, 0.1) is 5.75 Å². The molecule has 1 aliphatic heterocycles. The van der Waals surface area contributed by atoms with Crippen LogP contribution >= 0.6 is 0 Å². The lowest BCUT2D eigenvalue weighted by atomic mass is 10.00.